The molecule has 2 aromatic heterocycles. The summed E-state index contributed by atoms with van der Waals surface area (Å²) in [5, 5.41) is 0. The number of imidazole rings is 1. The van der Waals surface area contributed by atoms with E-state index < -0.39 is 17.6 Å². The minimum atomic E-state index is -4.43. The Hall–Kier alpha value is -4.50. The molecule has 1 amide bonds. The first-order valence-corrected chi connectivity index (χ1v) is 13.3. The summed E-state index contributed by atoms with van der Waals surface area (Å²) in [6.07, 6.45) is -2.60. The van der Waals surface area contributed by atoms with Crippen molar-refractivity contribution in [2.24, 2.45) is 0 Å². The summed E-state index contributed by atoms with van der Waals surface area (Å²) in [5.41, 5.74) is 3.77. The number of carbonyl (C=O) groups is 1. The number of nitrogens with zero attached hydrogens (tertiary/aromatic N) is 4. The Morgan fingerprint density at radius 2 is 1.49 bits per heavy atom. The van der Waals surface area contributed by atoms with Crippen LogP contribution in [0.3, 0.4) is 0 Å². The van der Waals surface area contributed by atoms with Crippen LogP contribution in [0.5, 0.6) is 0 Å². The lowest BCUT2D eigenvalue weighted by molar-refractivity contribution is -0.137. The maximum Gasteiger partial charge on any atom is 0.416 e. The van der Waals surface area contributed by atoms with Gasteiger partial charge in [-0.15, -0.1) is 0 Å². The SMILES string of the molecule is O=C(c1ccccc1F)N1CCN(Cc2c(-c3ccccc3)nc3ccc(-c4cccc(C(F)(F)F)c4)cn23)CC1. The largest absolute Gasteiger partial charge is 0.416 e. The third kappa shape index (κ3) is 5.45. The van der Waals surface area contributed by atoms with Gasteiger partial charge in [0.15, 0.2) is 0 Å². The van der Waals surface area contributed by atoms with E-state index in [-0.39, 0.29) is 11.5 Å². The fourth-order valence-corrected chi connectivity index (χ4v) is 5.24. The van der Waals surface area contributed by atoms with Crippen molar-refractivity contribution in [3.8, 4) is 22.4 Å². The van der Waals surface area contributed by atoms with E-state index in [4.69, 9.17) is 4.98 Å². The van der Waals surface area contributed by atoms with Crippen molar-refractivity contribution in [3.05, 3.63) is 120 Å². The molecule has 208 valence electrons. The number of amides is 1. The highest BCUT2D eigenvalue weighted by atomic mass is 19.4. The van der Waals surface area contributed by atoms with Crippen LogP contribution in [-0.2, 0) is 12.7 Å². The number of rotatable bonds is 5. The summed E-state index contributed by atoms with van der Waals surface area (Å²) in [5.74, 6) is -0.858. The molecule has 0 spiro atoms. The van der Waals surface area contributed by atoms with Gasteiger partial charge < -0.3 is 9.30 Å². The van der Waals surface area contributed by atoms with Crippen molar-refractivity contribution in [3.63, 3.8) is 0 Å². The number of carbonyl (C=O) groups excluding carboxylic acids is 1. The van der Waals surface area contributed by atoms with Crippen molar-refractivity contribution in [1.29, 1.82) is 0 Å². The van der Waals surface area contributed by atoms with Gasteiger partial charge >= 0.3 is 6.18 Å². The number of fused-ring (bicyclic) bond motifs is 1. The van der Waals surface area contributed by atoms with Crippen LogP contribution in [0.25, 0.3) is 28.0 Å². The van der Waals surface area contributed by atoms with E-state index in [2.05, 4.69) is 4.90 Å². The van der Waals surface area contributed by atoms with Gasteiger partial charge in [-0.05, 0) is 47.5 Å². The quantitative estimate of drug-likeness (QED) is 0.223. The average Bonchev–Trinajstić information content (AvgIpc) is 3.35. The Bertz CT molecular complexity index is 1710. The van der Waals surface area contributed by atoms with E-state index in [1.165, 1.54) is 18.2 Å². The van der Waals surface area contributed by atoms with Gasteiger partial charge in [0.05, 0.1) is 22.5 Å². The van der Waals surface area contributed by atoms with Crippen LogP contribution in [0.15, 0.2) is 97.2 Å². The molecule has 1 fully saturated rings. The van der Waals surface area contributed by atoms with Crippen LogP contribution in [-0.4, -0.2) is 51.3 Å². The highest BCUT2D eigenvalue weighted by molar-refractivity contribution is 5.94. The summed E-state index contributed by atoms with van der Waals surface area (Å²) in [6.45, 7) is 2.56. The Labute approximate surface area is 234 Å². The number of pyridine rings is 1. The Morgan fingerprint density at radius 3 is 2.22 bits per heavy atom. The summed E-state index contributed by atoms with van der Waals surface area (Å²) >= 11 is 0. The molecule has 0 bridgehead atoms. The van der Waals surface area contributed by atoms with Crippen LogP contribution in [0.2, 0.25) is 0 Å². The number of halogens is 4. The van der Waals surface area contributed by atoms with Gasteiger partial charge in [0.25, 0.3) is 5.91 Å². The standard InChI is InChI=1S/C32H26F4N4O/c33-27-12-5-4-11-26(27)31(41)39-17-15-38(16-18-39)21-28-30(22-7-2-1-3-8-22)37-29-14-13-24(20-40(28)29)23-9-6-10-25(19-23)32(34,35)36/h1-14,19-20H,15-18,21H2. The maximum absolute atomic E-state index is 14.2. The second-order valence-electron chi connectivity index (χ2n) is 10.0. The first kappa shape index (κ1) is 26.7. The predicted octanol–water partition coefficient (Wildman–Crippen LogP) is 6.78. The number of hydrogen-bond acceptors (Lipinski definition) is 3. The molecule has 0 radical (unpaired) electrons. The molecule has 6 rings (SSSR count). The molecule has 41 heavy (non-hydrogen) atoms. The van der Waals surface area contributed by atoms with E-state index in [0.717, 1.165) is 29.1 Å². The normalized spacial score (nSPS) is 14.5. The lowest BCUT2D eigenvalue weighted by Crippen LogP contribution is -2.48. The van der Waals surface area contributed by atoms with Gasteiger partial charge in [-0.2, -0.15) is 13.2 Å². The molecule has 0 aliphatic carbocycles. The van der Waals surface area contributed by atoms with E-state index in [0.29, 0.717) is 49.5 Å². The molecule has 5 aromatic rings. The molecule has 3 heterocycles. The minimum absolute atomic E-state index is 0.0659. The first-order chi connectivity index (χ1) is 19.8. The van der Waals surface area contributed by atoms with Crippen LogP contribution >= 0.6 is 0 Å². The third-order valence-corrected chi connectivity index (χ3v) is 7.43. The van der Waals surface area contributed by atoms with Crippen molar-refractivity contribution >= 4 is 11.6 Å². The van der Waals surface area contributed by atoms with Crippen molar-refractivity contribution in [1.82, 2.24) is 19.2 Å². The molecule has 1 saturated heterocycles. The van der Waals surface area contributed by atoms with Crippen LogP contribution < -0.4 is 0 Å². The third-order valence-electron chi connectivity index (χ3n) is 7.43. The number of alkyl halides is 3. The lowest BCUT2D eigenvalue weighted by Gasteiger charge is -2.34. The number of hydrogen-bond donors (Lipinski definition) is 0. The Kier molecular flexibility index (Phi) is 7.05. The van der Waals surface area contributed by atoms with Gasteiger partial charge in [-0.1, -0.05) is 54.6 Å². The number of piperazine rings is 1. The van der Waals surface area contributed by atoms with E-state index in [1.54, 1.807) is 29.2 Å². The summed E-state index contributed by atoms with van der Waals surface area (Å²) in [7, 11) is 0. The molecule has 0 unspecified atom stereocenters. The number of aromatic nitrogens is 2. The van der Waals surface area contributed by atoms with Gasteiger partial charge in [-0.25, -0.2) is 9.37 Å². The highest BCUT2D eigenvalue weighted by Gasteiger charge is 2.30. The van der Waals surface area contributed by atoms with Crippen molar-refractivity contribution in [2.75, 3.05) is 26.2 Å². The second-order valence-corrected chi connectivity index (χ2v) is 10.0. The topological polar surface area (TPSA) is 40.9 Å². The summed E-state index contributed by atoms with van der Waals surface area (Å²) < 4.78 is 56.3. The van der Waals surface area contributed by atoms with E-state index in [1.807, 2.05) is 47.0 Å². The molecule has 1 aliphatic rings. The van der Waals surface area contributed by atoms with Gasteiger partial charge in [0.1, 0.15) is 11.5 Å². The molecule has 0 atom stereocenters. The van der Waals surface area contributed by atoms with Gasteiger partial charge in [-0.3, -0.25) is 9.69 Å². The monoisotopic (exact) mass is 558 g/mol. The zero-order chi connectivity index (χ0) is 28.6. The van der Waals surface area contributed by atoms with Crippen molar-refractivity contribution in [2.45, 2.75) is 12.7 Å². The predicted molar refractivity (Wildman–Crippen MR) is 149 cm³/mol. The first-order valence-electron chi connectivity index (χ1n) is 13.3. The van der Waals surface area contributed by atoms with Gasteiger partial charge in [0, 0.05) is 44.5 Å². The Morgan fingerprint density at radius 1 is 0.780 bits per heavy atom. The molecule has 5 nitrogen and oxygen atoms in total. The van der Waals surface area contributed by atoms with E-state index in [9.17, 15) is 22.4 Å². The fraction of sp³-hybridized carbons (Fsp3) is 0.188. The molecule has 1 aliphatic heterocycles. The molecular weight excluding hydrogens is 532 g/mol. The highest BCUT2D eigenvalue weighted by Crippen LogP contribution is 2.33. The van der Waals surface area contributed by atoms with E-state index >= 15 is 0 Å². The zero-order valence-electron chi connectivity index (χ0n) is 22.0. The zero-order valence-corrected chi connectivity index (χ0v) is 22.0. The summed E-state index contributed by atoms with van der Waals surface area (Å²) in [6, 6.07) is 24.6. The maximum atomic E-state index is 14.2. The smallest absolute Gasteiger partial charge is 0.336 e. The second kappa shape index (κ2) is 10.8. The fourth-order valence-electron chi connectivity index (χ4n) is 5.24. The molecule has 0 N–H and O–H groups in total. The number of benzene rings is 3. The molecule has 9 heteroatoms. The Balaban J connectivity index is 1.31. The lowest BCUT2D eigenvalue weighted by atomic mass is 10.0. The molecule has 3 aromatic carbocycles. The van der Waals surface area contributed by atoms with Crippen molar-refractivity contribution < 1.29 is 22.4 Å². The summed E-state index contributed by atoms with van der Waals surface area (Å²) in [4.78, 5) is 21.6. The molecular formula is C32H26F4N4O. The van der Waals surface area contributed by atoms with Crippen LogP contribution in [0, 0.1) is 5.82 Å². The average molecular weight is 559 g/mol. The minimum Gasteiger partial charge on any atom is -0.336 e. The van der Waals surface area contributed by atoms with Gasteiger partial charge in [0.2, 0.25) is 0 Å². The molecule has 0 saturated carbocycles. The van der Waals surface area contributed by atoms with Crippen LogP contribution in [0.4, 0.5) is 17.6 Å². The van der Waals surface area contributed by atoms with Crippen LogP contribution in [0.1, 0.15) is 21.6 Å².